The molecule has 1 saturated heterocycles. The summed E-state index contributed by atoms with van der Waals surface area (Å²) in [6.07, 6.45) is 3.40. The molecule has 1 aliphatic rings. The molecule has 3 heterocycles. The topological polar surface area (TPSA) is 77.8 Å². The van der Waals surface area contributed by atoms with Gasteiger partial charge in [0.05, 0.1) is 11.6 Å². The van der Waals surface area contributed by atoms with E-state index in [1.54, 1.807) is 0 Å². The predicted octanol–water partition coefficient (Wildman–Crippen LogP) is 4.31. The lowest BCUT2D eigenvalue weighted by molar-refractivity contribution is -0.121. The minimum Gasteiger partial charge on any atom is -0.491 e. The van der Waals surface area contributed by atoms with Crippen molar-refractivity contribution >= 4 is 22.5 Å². The van der Waals surface area contributed by atoms with E-state index in [2.05, 4.69) is 5.32 Å². The van der Waals surface area contributed by atoms with E-state index in [4.69, 9.17) is 19.6 Å². The van der Waals surface area contributed by atoms with Gasteiger partial charge in [0, 0.05) is 36.3 Å². The molecule has 5 rings (SSSR count). The molecule has 0 bridgehead atoms. The van der Waals surface area contributed by atoms with E-state index in [0.29, 0.717) is 26.0 Å². The molecule has 7 nitrogen and oxygen atoms in total. The Morgan fingerprint density at radius 3 is 2.79 bits per heavy atom. The maximum absolute atomic E-state index is 12.5. The largest absolute Gasteiger partial charge is 0.491 e. The lowest BCUT2D eigenvalue weighted by atomic mass is 10.1. The van der Waals surface area contributed by atoms with Crippen molar-refractivity contribution in [3.05, 3.63) is 71.0 Å². The van der Waals surface area contributed by atoms with Crippen LogP contribution in [0.2, 0.25) is 0 Å². The molecule has 1 atom stereocenters. The number of benzene rings is 2. The summed E-state index contributed by atoms with van der Waals surface area (Å²) in [5, 5.41) is 8.76. The Hall–Kier alpha value is -3.45. The van der Waals surface area contributed by atoms with Crippen LogP contribution in [0.15, 0.2) is 48.5 Å². The highest BCUT2D eigenvalue weighted by molar-refractivity contribution is 5.92. The number of rotatable bonds is 8. The molecule has 7 heteroatoms. The van der Waals surface area contributed by atoms with Gasteiger partial charge in [0.2, 0.25) is 5.91 Å². The van der Waals surface area contributed by atoms with E-state index in [0.717, 1.165) is 64.3 Å². The molecule has 1 N–H and O–H groups in total. The van der Waals surface area contributed by atoms with E-state index in [1.807, 2.05) is 66.9 Å². The average Bonchev–Trinajstić information content (AvgIpc) is 3.50. The number of amides is 1. The first-order chi connectivity index (χ1) is 16.6. The number of nitrogens with one attached hydrogen (secondary N) is 1. The van der Waals surface area contributed by atoms with Gasteiger partial charge in [0.1, 0.15) is 12.4 Å². The second-order valence-corrected chi connectivity index (χ2v) is 8.88. The van der Waals surface area contributed by atoms with Crippen molar-refractivity contribution in [1.82, 2.24) is 19.9 Å². The Bertz CT molecular complexity index is 1310. The number of ether oxygens (including phenoxy) is 2. The standard InChI is InChI=1S/C27H30N4O3/c1-18-23(19(2)31-27(29-18)24-7-3-4-8-25(24)30-31)13-14-26(32)28-16-20-9-11-21(12-10-20)34-17-22-6-5-15-33-22/h3-4,7-12,22H,5-6,13-17H2,1-2H3,(H,28,32). The third-order valence-corrected chi connectivity index (χ3v) is 6.49. The van der Waals surface area contributed by atoms with Gasteiger partial charge in [0.15, 0.2) is 5.65 Å². The molecule has 0 aliphatic carbocycles. The fourth-order valence-electron chi connectivity index (χ4n) is 4.53. The van der Waals surface area contributed by atoms with Gasteiger partial charge in [-0.3, -0.25) is 4.79 Å². The second-order valence-electron chi connectivity index (χ2n) is 8.88. The zero-order valence-electron chi connectivity index (χ0n) is 19.7. The highest BCUT2D eigenvalue weighted by Crippen LogP contribution is 2.23. The summed E-state index contributed by atoms with van der Waals surface area (Å²) in [5.74, 6) is 0.842. The molecule has 4 aromatic rings. The number of nitrogens with zero attached hydrogens (tertiary/aromatic N) is 3. The molecular weight excluding hydrogens is 428 g/mol. The Kier molecular flexibility index (Phi) is 6.45. The minimum atomic E-state index is 0.0169. The number of aryl methyl sites for hydroxylation is 2. The van der Waals surface area contributed by atoms with E-state index >= 15 is 0 Å². The van der Waals surface area contributed by atoms with Crippen LogP contribution in [0.5, 0.6) is 5.75 Å². The van der Waals surface area contributed by atoms with Gasteiger partial charge in [-0.25, -0.2) is 9.50 Å². The lowest BCUT2D eigenvalue weighted by Crippen LogP contribution is -2.23. The van der Waals surface area contributed by atoms with E-state index in [-0.39, 0.29) is 12.0 Å². The molecule has 0 saturated carbocycles. The molecule has 1 fully saturated rings. The fourth-order valence-corrected chi connectivity index (χ4v) is 4.53. The first-order valence-corrected chi connectivity index (χ1v) is 11.9. The Morgan fingerprint density at radius 2 is 2.00 bits per heavy atom. The van der Waals surface area contributed by atoms with Crippen molar-refractivity contribution in [2.75, 3.05) is 13.2 Å². The second kappa shape index (κ2) is 9.81. The van der Waals surface area contributed by atoms with Crippen LogP contribution in [0.3, 0.4) is 0 Å². The Labute approximate surface area is 199 Å². The van der Waals surface area contributed by atoms with Gasteiger partial charge in [-0.2, -0.15) is 5.10 Å². The van der Waals surface area contributed by atoms with Crippen molar-refractivity contribution in [1.29, 1.82) is 0 Å². The zero-order chi connectivity index (χ0) is 23.5. The smallest absolute Gasteiger partial charge is 0.220 e. The van der Waals surface area contributed by atoms with Crippen LogP contribution in [0.1, 0.15) is 41.8 Å². The highest BCUT2D eigenvalue weighted by atomic mass is 16.5. The Morgan fingerprint density at radius 1 is 1.18 bits per heavy atom. The number of carbonyl (C=O) groups is 1. The number of hydrogen-bond donors (Lipinski definition) is 1. The van der Waals surface area contributed by atoms with Crippen molar-refractivity contribution in [3.8, 4) is 5.75 Å². The first-order valence-electron chi connectivity index (χ1n) is 11.9. The third-order valence-electron chi connectivity index (χ3n) is 6.49. The zero-order valence-corrected chi connectivity index (χ0v) is 19.7. The number of fused-ring (bicyclic) bond motifs is 3. The first kappa shape index (κ1) is 22.3. The van der Waals surface area contributed by atoms with Gasteiger partial charge in [0.25, 0.3) is 0 Å². The normalized spacial score (nSPS) is 15.8. The summed E-state index contributed by atoms with van der Waals surface area (Å²) >= 11 is 0. The summed E-state index contributed by atoms with van der Waals surface area (Å²) in [5.41, 5.74) is 5.88. The quantitative estimate of drug-likeness (QED) is 0.426. The van der Waals surface area contributed by atoms with Crippen molar-refractivity contribution in [2.45, 2.75) is 52.2 Å². The maximum Gasteiger partial charge on any atom is 0.220 e. The van der Waals surface area contributed by atoms with E-state index < -0.39 is 0 Å². The van der Waals surface area contributed by atoms with Crippen LogP contribution in [0.25, 0.3) is 16.6 Å². The van der Waals surface area contributed by atoms with Crippen molar-refractivity contribution in [2.24, 2.45) is 0 Å². The summed E-state index contributed by atoms with van der Waals surface area (Å²) in [6.45, 7) is 5.96. The molecule has 1 unspecified atom stereocenters. The molecule has 34 heavy (non-hydrogen) atoms. The van der Waals surface area contributed by atoms with Gasteiger partial charge >= 0.3 is 0 Å². The third kappa shape index (κ3) is 4.75. The maximum atomic E-state index is 12.5. The molecular formula is C27H30N4O3. The number of aromatic nitrogens is 3. The van der Waals surface area contributed by atoms with Crippen LogP contribution < -0.4 is 10.1 Å². The van der Waals surface area contributed by atoms with E-state index in [9.17, 15) is 4.79 Å². The minimum absolute atomic E-state index is 0.0169. The lowest BCUT2D eigenvalue weighted by Gasteiger charge is -2.12. The van der Waals surface area contributed by atoms with Gasteiger partial charge in [-0.15, -0.1) is 0 Å². The molecule has 1 amide bonds. The van der Waals surface area contributed by atoms with Crippen molar-refractivity contribution < 1.29 is 14.3 Å². The van der Waals surface area contributed by atoms with Crippen LogP contribution in [-0.4, -0.2) is 39.8 Å². The van der Waals surface area contributed by atoms with Gasteiger partial charge < -0.3 is 14.8 Å². The summed E-state index contributed by atoms with van der Waals surface area (Å²) in [7, 11) is 0. The van der Waals surface area contributed by atoms with E-state index in [1.165, 1.54) is 0 Å². The van der Waals surface area contributed by atoms with Gasteiger partial charge in [-0.05, 0) is 68.5 Å². The summed E-state index contributed by atoms with van der Waals surface area (Å²) in [6, 6.07) is 15.9. The summed E-state index contributed by atoms with van der Waals surface area (Å²) < 4.78 is 13.3. The van der Waals surface area contributed by atoms with Gasteiger partial charge in [-0.1, -0.05) is 24.3 Å². The van der Waals surface area contributed by atoms with Crippen LogP contribution in [-0.2, 0) is 22.5 Å². The molecule has 2 aromatic heterocycles. The van der Waals surface area contributed by atoms with Crippen LogP contribution in [0, 0.1) is 13.8 Å². The van der Waals surface area contributed by atoms with Crippen molar-refractivity contribution in [3.63, 3.8) is 0 Å². The molecule has 2 aromatic carbocycles. The monoisotopic (exact) mass is 458 g/mol. The number of hydrogen-bond acceptors (Lipinski definition) is 5. The average molecular weight is 459 g/mol. The molecule has 176 valence electrons. The number of carbonyl (C=O) groups excluding carboxylic acids is 1. The predicted molar refractivity (Wildman–Crippen MR) is 131 cm³/mol. The summed E-state index contributed by atoms with van der Waals surface area (Å²) in [4.78, 5) is 17.3. The van der Waals surface area contributed by atoms with Crippen LogP contribution >= 0.6 is 0 Å². The molecule has 1 aliphatic heterocycles. The Balaban J connectivity index is 1.16. The fraction of sp³-hybridized carbons (Fsp3) is 0.370. The van der Waals surface area contributed by atoms with Crippen LogP contribution in [0.4, 0.5) is 0 Å². The molecule has 0 spiro atoms. The highest BCUT2D eigenvalue weighted by Gasteiger charge is 2.16. The molecule has 0 radical (unpaired) electrons. The SMILES string of the molecule is Cc1nc2c3ccccc3nn2c(C)c1CCC(=O)NCc1ccc(OCC2CCCO2)cc1.